The topological polar surface area (TPSA) is 74.1 Å². The lowest BCUT2D eigenvalue weighted by Crippen LogP contribution is -2.27. The van der Waals surface area contributed by atoms with Crippen LogP contribution in [0, 0.1) is 11.3 Å². The maximum atomic E-state index is 11.6. The van der Waals surface area contributed by atoms with Crippen LogP contribution >= 0.6 is 11.6 Å². The molecule has 0 aliphatic carbocycles. The van der Waals surface area contributed by atoms with E-state index in [0.717, 1.165) is 25.9 Å². The molecule has 0 saturated heterocycles. The van der Waals surface area contributed by atoms with Gasteiger partial charge in [0.15, 0.2) is 0 Å². The summed E-state index contributed by atoms with van der Waals surface area (Å²) >= 11 is 5.51. The molecule has 0 aromatic heterocycles. The predicted molar refractivity (Wildman–Crippen MR) is 80.4 cm³/mol. The maximum Gasteiger partial charge on any atom is 0.263 e. The van der Waals surface area contributed by atoms with E-state index < -0.39 is 0 Å². The number of carbonyl (C=O) groups is 1. The number of alkyl halides is 1. The molecular weight excluding hydrogens is 278 g/mol. The average molecular weight is 302 g/mol. The molecule has 0 aromatic rings. The molecular formula is C14H24ClN3O2. The summed E-state index contributed by atoms with van der Waals surface area (Å²) in [5, 5.41) is 14.5. The van der Waals surface area contributed by atoms with Gasteiger partial charge in [0, 0.05) is 38.4 Å². The first-order valence-corrected chi connectivity index (χ1v) is 7.55. The first-order chi connectivity index (χ1) is 9.76. The molecule has 0 atom stereocenters. The Bertz CT molecular complexity index is 327. The van der Waals surface area contributed by atoms with Gasteiger partial charge >= 0.3 is 0 Å². The van der Waals surface area contributed by atoms with Crippen molar-refractivity contribution in [2.75, 3.05) is 32.2 Å². The van der Waals surface area contributed by atoms with Gasteiger partial charge in [-0.05, 0) is 19.3 Å². The Morgan fingerprint density at radius 2 is 2.05 bits per heavy atom. The molecule has 0 rings (SSSR count). The minimum Gasteiger partial charge on any atom is -0.390 e. The van der Waals surface area contributed by atoms with Gasteiger partial charge in [0.1, 0.15) is 11.6 Å². The summed E-state index contributed by atoms with van der Waals surface area (Å²) in [4.78, 5) is 11.6. The molecule has 0 heterocycles. The van der Waals surface area contributed by atoms with Crippen molar-refractivity contribution >= 4 is 17.5 Å². The van der Waals surface area contributed by atoms with Crippen LogP contribution in [0.25, 0.3) is 0 Å². The zero-order valence-corrected chi connectivity index (χ0v) is 12.8. The van der Waals surface area contributed by atoms with Crippen LogP contribution in [0.1, 0.15) is 32.6 Å². The molecule has 0 aromatic carbocycles. The molecule has 0 bridgehead atoms. The lowest BCUT2D eigenvalue weighted by Gasteiger charge is -2.05. The van der Waals surface area contributed by atoms with E-state index in [4.69, 9.17) is 21.6 Å². The van der Waals surface area contributed by atoms with Gasteiger partial charge in [-0.2, -0.15) is 5.26 Å². The lowest BCUT2D eigenvalue weighted by atomic mass is 10.3. The molecule has 0 spiro atoms. The second kappa shape index (κ2) is 14.2. The van der Waals surface area contributed by atoms with Gasteiger partial charge in [-0.15, -0.1) is 11.6 Å². The fourth-order valence-corrected chi connectivity index (χ4v) is 1.45. The molecule has 5 nitrogen and oxygen atoms in total. The molecule has 2 N–H and O–H groups in total. The molecule has 0 radical (unpaired) electrons. The highest BCUT2D eigenvalue weighted by Crippen LogP contribution is 1.92. The van der Waals surface area contributed by atoms with E-state index in [0.29, 0.717) is 32.0 Å². The second-order valence-corrected chi connectivity index (χ2v) is 4.62. The number of ether oxygens (including phenoxy) is 1. The van der Waals surface area contributed by atoms with Crippen LogP contribution in [-0.4, -0.2) is 38.1 Å². The summed E-state index contributed by atoms with van der Waals surface area (Å²) in [5.41, 5.74) is 0.0754. The van der Waals surface area contributed by atoms with Gasteiger partial charge in [0.25, 0.3) is 5.91 Å². The normalized spacial score (nSPS) is 10.9. The number of rotatable bonds is 12. The monoisotopic (exact) mass is 301 g/mol. The van der Waals surface area contributed by atoms with Crippen LogP contribution in [0.4, 0.5) is 0 Å². The number of carbonyl (C=O) groups excluding carboxylic acids is 1. The summed E-state index contributed by atoms with van der Waals surface area (Å²) in [6.45, 7) is 4.75. The molecule has 0 fully saturated rings. The van der Waals surface area contributed by atoms with Crippen LogP contribution in [-0.2, 0) is 9.53 Å². The van der Waals surface area contributed by atoms with Gasteiger partial charge < -0.3 is 15.4 Å². The molecule has 0 aliphatic rings. The van der Waals surface area contributed by atoms with Crippen molar-refractivity contribution in [3.8, 4) is 6.07 Å². The zero-order chi connectivity index (χ0) is 15.1. The Morgan fingerprint density at radius 1 is 1.30 bits per heavy atom. The summed E-state index contributed by atoms with van der Waals surface area (Å²) < 4.78 is 5.40. The summed E-state index contributed by atoms with van der Waals surface area (Å²) in [5.74, 6) is 0.117. The van der Waals surface area contributed by atoms with Crippen molar-refractivity contribution in [1.29, 1.82) is 5.26 Å². The minimum absolute atomic E-state index is 0.0754. The molecule has 0 unspecified atom stereocenters. The van der Waals surface area contributed by atoms with Crippen molar-refractivity contribution in [1.82, 2.24) is 10.6 Å². The number of nitrogens with one attached hydrogen (secondary N) is 2. The summed E-state index contributed by atoms with van der Waals surface area (Å²) in [6, 6.07) is 1.87. The van der Waals surface area contributed by atoms with Gasteiger partial charge in [-0.1, -0.05) is 13.3 Å². The van der Waals surface area contributed by atoms with Crippen molar-refractivity contribution in [2.45, 2.75) is 32.6 Å². The number of nitrogens with zero attached hydrogens (tertiary/aromatic N) is 1. The van der Waals surface area contributed by atoms with E-state index in [1.165, 1.54) is 6.20 Å². The van der Waals surface area contributed by atoms with Gasteiger partial charge in [-0.3, -0.25) is 4.79 Å². The highest BCUT2D eigenvalue weighted by molar-refractivity contribution is 6.17. The van der Waals surface area contributed by atoms with Gasteiger partial charge in [0.2, 0.25) is 0 Å². The third-order valence-corrected chi connectivity index (χ3v) is 2.73. The SMILES string of the molecule is CCCCOCCCN/C=C(/C#N)C(=O)NCCCCl. The first kappa shape index (κ1) is 18.8. The Hall–Kier alpha value is -1.25. The number of hydrogen-bond acceptors (Lipinski definition) is 4. The van der Waals surface area contributed by atoms with Crippen LogP contribution in [0.5, 0.6) is 0 Å². The Morgan fingerprint density at radius 3 is 2.70 bits per heavy atom. The zero-order valence-electron chi connectivity index (χ0n) is 12.1. The number of unbranched alkanes of at least 4 members (excludes halogenated alkanes) is 1. The second-order valence-electron chi connectivity index (χ2n) is 4.24. The minimum atomic E-state index is -0.371. The fraction of sp³-hybridized carbons (Fsp3) is 0.714. The third kappa shape index (κ3) is 10.7. The quantitative estimate of drug-likeness (QED) is 0.250. The third-order valence-electron chi connectivity index (χ3n) is 2.46. The highest BCUT2D eigenvalue weighted by atomic mass is 35.5. The summed E-state index contributed by atoms with van der Waals surface area (Å²) in [7, 11) is 0. The van der Waals surface area contributed by atoms with Crippen molar-refractivity contribution < 1.29 is 9.53 Å². The number of amides is 1. The average Bonchev–Trinajstić information content (AvgIpc) is 2.46. The van der Waals surface area contributed by atoms with E-state index in [9.17, 15) is 4.79 Å². The largest absolute Gasteiger partial charge is 0.390 e. The molecule has 0 aliphatic heterocycles. The Kier molecular flexibility index (Phi) is 13.3. The lowest BCUT2D eigenvalue weighted by molar-refractivity contribution is -0.117. The fourth-order valence-electron chi connectivity index (χ4n) is 1.31. The van der Waals surface area contributed by atoms with E-state index in [-0.39, 0.29) is 11.5 Å². The molecule has 114 valence electrons. The van der Waals surface area contributed by atoms with E-state index in [1.807, 2.05) is 6.07 Å². The van der Waals surface area contributed by atoms with Crippen LogP contribution < -0.4 is 10.6 Å². The number of halogens is 1. The standard InChI is InChI=1S/C14H24ClN3O2/c1-2-3-9-20-10-5-7-17-12-13(11-16)14(19)18-8-4-6-15/h12,17H,2-10H2,1H3,(H,18,19)/b13-12-. The van der Waals surface area contributed by atoms with Crippen LogP contribution in [0.3, 0.4) is 0 Å². The molecule has 20 heavy (non-hydrogen) atoms. The molecule has 0 saturated carbocycles. The smallest absolute Gasteiger partial charge is 0.263 e. The van der Waals surface area contributed by atoms with Crippen LogP contribution in [0.2, 0.25) is 0 Å². The number of hydrogen-bond donors (Lipinski definition) is 2. The number of nitriles is 1. The van der Waals surface area contributed by atoms with E-state index >= 15 is 0 Å². The summed E-state index contributed by atoms with van der Waals surface area (Å²) in [6.07, 6.45) is 5.18. The Balaban J connectivity index is 3.74. The predicted octanol–water partition coefficient (Wildman–Crippen LogP) is 1.94. The van der Waals surface area contributed by atoms with Crippen molar-refractivity contribution in [2.24, 2.45) is 0 Å². The molecule has 1 amide bonds. The Labute approximate surface area is 126 Å². The van der Waals surface area contributed by atoms with E-state index in [2.05, 4.69) is 17.6 Å². The van der Waals surface area contributed by atoms with Crippen molar-refractivity contribution in [3.05, 3.63) is 11.8 Å². The van der Waals surface area contributed by atoms with E-state index in [1.54, 1.807) is 0 Å². The van der Waals surface area contributed by atoms with Crippen LogP contribution in [0.15, 0.2) is 11.8 Å². The van der Waals surface area contributed by atoms with Gasteiger partial charge in [-0.25, -0.2) is 0 Å². The van der Waals surface area contributed by atoms with Crippen molar-refractivity contribution in [3.63, 3.8) is 0 Å². The first-order valence-electron chi connectivity index (χ1n) is 7.01. The van der Waals surface area contributed by atoms with Gasteiger partial charge in [0.05, 0.1) is 0 Å². The highest BCUT2D eigenvalue weighted by Gasteiger charge is 2.06. The maximum absolute atomic E-state index is 11.6. The molecule has 6 heteroatoms.